The Morgan fingerprint density at radius 2 is 2.07 bits per heavy atom. The number of ether oxygens (including phenoxy) is 1. The van der Waals surface area contributed by atoms with Crippen LogP contribution in [-0.2, 0) is 11.2 Å². The van der Waals surface area contributed by atoms with Crippen molar-refractivity contribution in [1.29, 1.82) is 0 Å². The van der Waals surface area contributed by atoms with Gasteiger partial charge in [-0.1, -0.05) is 20.3 Å². The van der Waals surface area contributed by atoms with Gasteiger partial charge in [-0.05, 0) is 23.8 Å². The molecule has 0 saturated heterocycles. The molecule has 0 bridgehead atoms. The van der Waals surface area contributed by atoms with Gasteiger partial charge in [0.15, 0.2) is 0 Å². The van der Waals surface area contributed by atoms with Gasteiger partial charge in [0.1, 0.15) is 5.75 Å². The van der Waals surface area contributed by atoms with Crippen molar-refractivity contribution in [3.8, 4) is 5.75 Å². The summed E-state index contributed by atoms with van der Waals surface area (Å²) in [4.78, 5) is 10.9. The van der Waals surface area contributed by atoms with Crippen LogP contribution in [0.5, 0.6) is 5.75 Å². The van der Waals surface area contributed by atoms with E-state index in [-0.39, 0.29) is 5.91 Å². The number of rotatable bonds is 1. The summed E-state index contributed by atoms with van der Waals surface area (Å²) in [6.45, 7) is 4.25. The van der Waals surface area contributed by atoms with Crippen molar-refractivity contribution in [1.82, 2.24) is 0 Å². The minimum atomic E-state index is 0.0539. The van der Waals surface area contributed by atoms with Gasteiger partial charge in [0, 0.05) is 5.69 Å². The summed E-state index contributed by atoms with van der Waals surface area (Å²) in [5.41, 5.74) is 1.92. The number of amides is 1. The SMILES string of the molecule is CCC.COc1ccc2c(c1)CC(=O)N2. The lowest BCUT2D eigenvalue weighted by molar-refractivity contribution is -0.115. The maximum Gasteiger partial charge on any atom is 0.228 e. The predicted octanol–water partition coefficient (Wildman–Crippen LogP) is 2.61. The molecular formula is C12H17NO2. The molecule has 3 heteroatoms. The van der Waals surface area contributed by atoms with Gasteiger partial charge in [-0.2, -0.15) is 0 Å². The summed E-state index contributed by atoms with van der Waals surface area (Å²) in [6, 6.07) is 5.58. The Kier molecular flexibility index (Phi) is 4.16. The Bertz CT molecular complexity index is 347. The highest BCUT2D eigenvalue weighted by molar-refractivity contribution is 5.99. The van der Waals surface area contributed by atoms with E-state index in [1.807, 2.05) is 18.2 Å². The van der Waals surface area contributed by atoms with E-state index in [0.29, 0.717) is 6.42 Å². The zero-order valence-electron chi connectivity index (χ0n) is 9.46. The molecule has 0 saturated carbocycles. The lowest BCUT2D eigenvalue weighted by Crippen LogP contribution is -2.03. The molecular weight excluding hydrogens is 190 g/mol. The van der Waals surface area contributed by atoms with E-state index < -0.39 is 0 Å². The molecule has 3 nitrogen and oxygen atoms in total. The molecule has 1 aromatic rings. The normalized spacial score (nSPS) is 12.3. The quantitative estimate of drug-likeness (QED) is 0.768. The molecule has 0 aliphatic carbocycles. The van der Waals surface area contributed by atoms with Crippen molar-refractivity contribution in [2.75, 3.05) is 12.4 Å². The second-order valence-corrected chi connectivity index (χ2v) is 3.46. The maximum absolute atomic E-state index is 10.9. The summed E-state index contributed by atoms with van der Waals surface area (Å²) < 4.78 is 5.04. The van der Waals surface area contributed by atoms with Crippen molar-refractivity contribution in [3.05, 3.63) is 23.8 Å². The number of carbonyl (C=O) groups is 1. The van der Waals surface area contributed by atoms with E-state index in [9.17, 15) is 4.79 Å². The summed E-state index contributed by atoms with van der Waals surface area (Å²) in [5.74, 6) is 0.850. The van der Waals surface area contributed by atoms with Crippen molar-refractivity contribution < 1.29 is 9.53 Å². The van der Waals surface area contributed by atoms with Gasteiger partial charge >= 0.3 is 0 Å². The molecule has 0 fully saturated rings. The summed E-state index contributed by atoms with van der Waals surface area (Å²) in [5, 5.41) is 2.75. The standard InChI is InChI=1S/C9H9NO2.C3H8/c1-12-7-2-3-8-6(4-7)5-9(11)10-8;1-3-2/h2-4H,5H2,1H3,(H,10,11);3H2,1-2H3. The van der Waals surface area contributed by atoms with Crippen LogP contribution < -0.4 is 10.1 Å². The predicted molar refractivity (Wildman–Crippen MR) is 61.3 cm³/mol. The van der Waals surface area contributed by atoms with Crippen molar-refractivity contribution >= 4 is 11.6 Å². The number of anilines is 1. The molecule has 1 aromatic carbocycles. The van der Waals surface area contributed by atoms with Crippen LogP contribution in [0, 0.1) is 0 Å². The smallest absolute Gasteiger partial charge is 0.228 e. The second kappa shape index (κ2) is 5.39. The maximum atomic E-state index is 10.9. The van der Waals surface area contributed by atoms with Gasteiger partial charge in [-0.3, -0.25) is 4.79 Å². The third-order valence-electron chi connectivity index (χ3n) is 1.94. The molecule has 15 heavy (non-hydrogen) atoms. The molecule has 0 radical (unpaired) electrons. The average Bonchev–Trinajstić information content (AvgIpc) is 2.57. The molecule has 1 N–H and O–H groups in total. The first-order valence-corrected chi connectivity index (χ1v) is 5.18. The lowest BCUT2D eigenvalue weighted by Gasteiger charge is -2.01. The third kappa shape index (κ3) is 2.98. The first-order chi connectivity index (χ1) is 7.21. The Morgan fingerprint density at radius 3 is 2.67 bits per heavy atom. The number of carbonyl (C=O) groups excluding carboxylic acids is 1. The van der Waals surface area contributed by atoms with Crippen LogP contribution in [0.1, 0.15) is 25.8 Å². The molecule has 1 amide bonds. The van der Waals surface area contributed by atoms with E-state index in [2.05, 4.69) is 19.2 Å². The van der Waals surface area contributed by atoms with Gasteiger partial charge in [0.05, 0.1) is 13.5 Å². The van der Waals surface area contributed by atoms with Gasteiger partial charge in [0.2, 0.25) is 5.91 Å². The fourth-order valence-corrected chi connectivity index (χ4v) is 1.33. The molecule has 0 unspecified atom stereocenters. The van der Waals surface area contributed by atoms with Crippen molar-refractivity contribution in [2.24, 2.45) is 0 Å². The number of methoxy groups -OCH3 is 1. The van der Waals surface area contributed by atoms with Crippen molar-refractivity contribution in [2.45, 2.75) is 26.7 Å². The number of nitrogens with one attached hydrogen (secondary N) is 1. The van der Waals surface area contributed by atoms with E-state index in [4.69, 9.17) is 4.74 Å². The Labute approximate surface area is 90.4 Å². The molecule has 1 aliphatic rings. The highest BCUT2D eigenvalue weighted by atomic mass is 16.5. The molecule has 1 heterocycles. The van der Waals surface area contributed by atoms with Crippen LogP contribution >= 0.6 is 0 Å². The molecule has 82 valence electrons. The van der Waals surface area contributed by atoms with Crippen LogP contribution in [0.15, 0.2) is 18.2 Å². The third-order valence-corrected chi connectivity index (χ3v) is 1.94. The van der Waals surface area contributed by atoms with Crippen LogP contribution in [0.4, 0.5) is 5.69 Å². The zero-order valence-corrected chi connectivity index (χ0v) is 9.46. The van der Waals surface area contributed by atoms with Gasteiger partial charge in [0.25, 0.3) is 0 Å². The minimum Gasteiger partial charge on any atom is -0.497 e. The highest BCUT2D eigenvalue weighted by Crippen LogP contribution is 2.26. The number of hydrogen-bond donors (Lipinski definition) is 1. The molecule has 2 rings (SSSR count). The number of hydrogen-bond acceptors (Lipinski definition) is 2. The van der Waals surface area contributed by atoms with E-state index >= 15 is 0 Å². The monoisotopic (exact) mass is 207 g/mol. The minimum absolute atomic E-state index is 0.0539. The highest BCUT2D eigenvalue weighted by Gasteiger charge is 2.17. The lowest BCUT2D eigenvalue weighted by atomic mass is 10.1. The fraction of sp³-hybridized carbons (Fsp3) is 0.417. The molecule has 0 atom stereocenters. The Balaban J connectivity index is 0.000000337. The zero-order chi connectivity index (χ0) is 11.3. The topological polar surface area (TPSA) is 38.3 Å². The van der Waals surface area contributed by atoms with Crippen LogP contribution in [0.2, 0.25) is 0 Å². The molecule has 0 aromatic heterocycles. The van der Waals surface area contributed by atoms with Crippen LogP contribution in [0.3, 0.4) is 0 Å². The van der Waals surface area contributed by atoms with Gasteiger partial charge in [-0.15, -0.1) is 0 Å². The van der Waals surface area contributed by atoms with Crippen molar-refractivity contribution in [3.63, 3.8) is 0 Å². The van der Waals surface area contributed by atoms with Gasteiger partial charge in [-0.25, -0.2) is 0 Å². The summed E-state index contributed by atoms with van der Waals surface area (Å²) in [7, 11) is 1.62. The molecule has 1 aliphatic heterocycles. The average molecular weight is 207 g/mol. The first kappa shape index (κ1) is 11.6. The van der Waals surface area contributed by atoms with Crippen LogP contribution in [0.25, 0.3) is 0 Å². The van der Waals surface area contributed by atoms with E-state index in [1.165, 1.54) is 6.42 Å². The largest absolute Gasteiger partial charge is 0.497 e. The van der Waals surface area contributed by atoms with E-state index in [0.717, 1.165) is 17.0 Å². The summed E-state index contributed by atoms with van der Waals surface area (Å²) >= 11 is 0. The van der Waals surface area contributed by atoms with Crippen LogP contribution in [-0.4, -0.2) is 13.0 Å². The first-order valence-electron chi connectivity index (χ1n) is 5.18. The Hall–Kier alpha value is -1.51. The second-order valence-electron chi connectivity index (χ2n) is 3.46. The van der Waals surface area contributed by atoms with Gasteiger partial charge < -0.3 is 10.1 Å². The Morgan fingerprint density at radius 1 is 1.40 bits per heavy atom. The number of fused-ring (bicyclic) bond motifs is 1. The van der Waals surface area contributed by atoms with E-state index in [1.54, 1.807) is 7.11 Å². The molecule has 0 spiro atoms. The fourth-order valence-electron chi connectivity index (χ4n) is 1.33. The number of benzene rings is 1. The summed E-state index contributed by atoms with van der Waals surface area (Å²) in [6.07, 6.45) is 1.71.